The molecular formula is C17H26N2O4. The van der Waals surface area contributed by atoms with Crippen molar-refractivity contribution in [2.24, 2.45) is 5.73 Å². The first kappa shape index (κ1) is 17.9. The molecule has 3 atom stereocenters. The number of benzene rings is 1. The quantitative estimate of drug-likeness (QED) is 0.608. The summed E-state index contributed by atoms with van der Waals surface area (Å²) in [4.78, 5) is 11.3. The molecule has 0 saturated carbocycles. The summed E-state index contributed by atoms with van der Waals surface area (Å²) in [5, 5.41) is 21.8. The molecule has 2 rings (SSSR count). The van der Waals surface area contributed by atoms with Crippen LogP contribution in [-0.2, 0) is 16.6 Å². The molecule has 6 heteroatoms. The predicted molar refractivity (Wildman–Crippen MR) is 87.8 cm³/mol. The van der Waals surface area contributed by atoms with Crippen LogP contribution in [0.15, 0.2) is 18.2 Å². The normalized spacial score (nSPS) is 24.0. The molecule has 0 unspecified atom stereocenters. The summed E-state index contributed by atoms with van der Waals surface area (Å²) in [7, 11) is 1.68. The van der Waals surface area contributed by atoms with Gasteiger partial charge in [0.15, 0.2) is 0 Å². The van der Waals surface area contributed by atoms with Crippen LogP contribution < -0.4 is 11.1 Å². The summed E-state index contributed by atoms with van der Waals surface area (Å²) >= 11 is 0. The van der Waals surface area contributed by atoms with Crippen molar-refractivity contribution in [2.75, 3.05) is 20.3 Å². The number of aromatic carboxylic acids is 1. The van der Waals surface area contributed by atoms with Crippen LogP contribution in [0.25, 0.3) is 0 Å². The monoisotopic (exact) mass is 322 g/mol. The van der Waals surface area contributed by atoms with Crippen LogP contribution in [0.3, 0.4) is 0 Å². The number of rotatable bonds is 6. The third kappa shape index (κ3) is 3.55. The maximum atomic E-state index is 11.3. The lowest BCUT2D eigenvalue weighted by Gasteiger charge is -2.45. The molecule has 1 aromatic rings. The number of hydrogen-bond donors (Lipinski definition) is 4. The molecule has 0 fully saturated rings. The molecule has 0 aliphatic heterocycles. The Morgan fingerprint density at radius 2 is 2.22 bits per heavy atom. The van der Waals surface area contributed by atoms with Crippen LogP contribution >= 0.6 is 0 Å². The number of carboxylic acid groups (broad SMARTS) is 1. The van der Waals surface area contributed by atoms with E-state index < -0.39 is 5.97 Å². The van der Waals surface area contributed by atoms with E-state index in [0.717, 1.165) is 11.1 Å². The predicted octanol–water partition coefficient (Wildman–Crippen LogP) is 0.511. The Kier molecular flexibility index (Phi) is 5.41. The van der Waals surface area contributed by atoms with Crippen molar-refractivity contribution < 1.29 is 19.7 Å². The highest BCUT2D eigenvalue weighted by atomic mass is 16.5. The summed E-state index contributed by atoms with van der Waals surface area (Å²) < 4.78 is 5.66. The zero-order valence-electron chi connectivity index (χ0n) is 13.9. The van der Waals surface area contributed by atoms with E-state index in [-0.39, 0.29) is 30.2 Å². The van der Waals surface area contributed by atoms with Crippen LogP contribution in [0.5, 0.6) is 0 Å². The molecule has 0 aromatic heterocycles. The Balaban J connectivity index is 2.36. The second-order valence-electron chi connectivity index (χ2n) is 6.71. The highest BCUT2D eigenvalue weighted by Crippen LogP contribution is 2.38. The summed E-state index contributed by atoms with van der Waals surface area (Å²) in [6.07, 6.45) is 0.667. The van der Waals surface area contributed by atoms with Crippen LogP contribution in [0.4, 0.5) is 0 Å². The second kappa shape index (κ2) is 6.97. The van der Waals surface area contributed by atoms with E-state index in [9.17, 15) is 9.90 Å². The van der Waals surface area contributed by atoms with Gasteiger partial charge in [-0.2, -0.15) is 0 Å². The van der Waals surface area contributed by atoms with E-state index in [0.29, 0.717) is 18.5 Å². The van der Waals surface area contributed by atoms with Crippen molar-refractivity contribution in [3.05, 3.63) is 34.9 Å². The first-order chi connectivity index (χ1) is 10.8. The molecule has 5 N–H and O–H groups in total. The molecule has 6 nitrogen and oxygen atoms in total. The molecular weight excluding hydrogens is 296 g/mol. The van der Waals surface area contributed by atoms with E-state index in [1.807, 2.05) is 6.07 Å². The molecule has 0 saturated heterocycles. The van der Waals surface area contributed by atoms with Crippen LogP contribution in [0, 0.1) is 0 Å². The lowest BCUT2D eigenvalue weighted by Crippen LogP contribution is -2.58. The van der Waals surface area contributed by atoms with Crippen LogP contribution in [0.2, 0.25) is 0 Å². The molecule has 23 heavy (non-hydrogen) atoms. The van der Waals surface area contributed by atoms with Gasteiger partial charge in [0.1, 0.15) is 0 Å². The average Bonchev–Trinajstić information content (AvgIpc) is 2.52. The van der Waals surface area contributed by atoms with E-state index in [4.69, 9.17) is 15.6 Å². The third-order valence-electron chi connectivity index (χ3n) is 4.76. The number of nitrogens with one attached hydrogen (secondary N) is 1. The molecule has 0 amide bonds. The van der Waals surface area contributed by atoms with Gasteiger partial charge in [0.2, 0.25) is 0 Å². The summed E-state index contributed by atoms with van der Waals surface area (Å²) in [6.45, 7) is 4.53. The third-order valence-corrected chi connectivity index (χ3v) is 4.76. The number of aliphatic hydroxyl groups excluding tert-OH is 1. The van der Waals surface area contributed by atoms with Crippen LogP contribution in [-0.4, -0.2) is 54.6 Å². The fraction of sp³-hybridized carbons (Fsp3) is 0.588. The maximum absolute atomic E-state index is 11.3. The van der Waals surface area contributed by atoms with Gasteiger partial charge in [-0.05, 0) is 23.3 Å². The molecule has 0 heterocycles. The number of ether oxygens (including phenoxy) is 1. The summed E-state index contributed by atoms with van der Waals surface area (Å²) in [6, 6.07) is 4.91. The van der Waals surface area contributed by atoms with Gasteiger partial charge in [-0.15, -0.1) is 0 Å². The van der Waals surface area contributed by atoms with Gasteiger partial charge in [-0.1, -0.05) is 19.9 Å². The van der Waals surface area contributed by atoms with Crippen molar-refractivity contribution in [1.29, 1.82) is 0 Å². The van der Waals surface area contributed by atoms with Crippen molar-refractivity contribution in [3.8, 4) is 0 Å². The van der Waals surface area contributed by atoms with Gasteiger partial charge in [-0.25, -0.2) is 4.79 Å². The fourth-order valence-electron chi connectivity index (χ4n) is 3.40. The number of hydrogen-bond acceptors (Lipinski definition) is 5. The smallest absolute Gasteiger partial charge is 0.335 e. The van der Waals surface area contributed by atoms with Gasteiger partial charge >= 0.3 is 5.97 Å². The van der Waals surface area contributed by atoms with E-state index in [2.05, 4.69) is 19.2 Å². The molecule has 128 valence electrons. The van der Waals surface area contributed by atoms with Gasteiger partial charge in [0.05, 0.1) is 18.3 Å². The number of aliphatic hydroxyl groups is 1. The van der Waals surface area contributed by atoms with Gasteiger partial charge < -0.3 is 26.0 Å². The first-order valence-electron chi connectivity index (χ1n) is 7.80. The summed E-state index contributed by atoms with van der Waals surface area (Å²) in [5.41, 5.74) is 7.88. The standard InChI is InChI=1S/C17H26N2O4/c1-17(2)13-6-11(16(21)22)5-4-10(13)7-14(23-3)15(17)19-8-12(18)9-20/h4-6,12,14-15,19-20H,7-9,18H2,1-3H3,(H,21,22)/t12-,14+,15-/m1/s1. The average molecular weight is 322 g/mol. The van der Waals surface area contributed by atoms with Crippen molar-refractivity contribution >= 4 is 5.97 Å². The molecule has 1 aliphatic rings. The van der Waals surface area contributed by atoms with Gasteiger partial charge in [0.25, 0.3) is 0 Å². The van der Waals surface area contributed by atoms with E-state index in [1.54, 1.807) is 19.2 Å². The molecule has 1 aliphatic carbocycles. The minimum absolute atomic E-state index is 0.0263. The van der Waals surface area contributed by atoms with Crippen molar-refractivity contribution in [1.82, 2.24) is 5.32 Å². The number of fused-ring (bicyclic) bond motifs is 1. The maximum Gasteiger partial charge on any atom is 0.335 e. The molecule has 0 bridgehead atoms. The fourth-order valence-corrected chi connectivity index (χ4v) is 3.40. The highest BCUT2D eigenvalue weighted by Gasteiger charge is 2.42. The Bertz CT molecular complexity index is 574. The molecule has 1 aromatic carbocycles. The Morgan fingerprint density at radius 3 is 2.78 bits per heavy atom. The van der Waals surface area contributed by atoms with Gasteiger partial charge in [-0.3, -0.25) is 0 Å². The number of methoxy groups -OCH3 is 1. The van der Waals surface area contributed by atoms with Crippen LogP contribution in [0.1, 0.15) is 35.3 Å². The Hall–Kier alpha value is -1.47. The topological polar surface area (TPSA) is 105 Å². The molecule has 0 spiro atoms. The lowest BCUT2D eigenvalue weighted by molar-refractivity contribution is 0.0344. The second-order valence-corrected chi connectivity index (χ2v) is 6.71. The summed E-state index contributed by atoms with van der Waals surface area (Å²) in [5.74, 6) is -0.927. The number of carbonyl (C=O) groups is 1. The zero-order chi connectivity index (χ0) is 17.2. The van der Waals surface area contributed by atoms with Crippen molar-refractivity contribution in [3.63, 3.8) is 0 Å². The Morgan fingerprint density at radius 1 is 1.52 bits per heavy atom. The molecule has 0 radical (unpaired) electrons. The zero-order valence-corrected chi connectivity index (χ0v) is 13.9. The minimum Gasteiger partial charge on any atom is -0.478 e. The number of nitrogens with two attached hydrogens (primary N) is 1. The van der Waals surface area contributed by atoms with Crippen molar-refractivity contribution in [2.45, 2.75) is 43.9 Å². The Labute approximate surface area is 136 Å². The SMILES string of the molecule is CO[C@H]1Cc2ccc(C(=O)O)cc2C(C)(C)[C@@H]1NC[C@@H](N)CO. The van der Waals surface area contributed by atoms with E-state index in [1.165, 1.54) is 0 Å². The van der Waals surface area contributed by atoms with E-state index >= 15 is 0 Å². The minimum atomic E-state index is -0.927. The van der Waals surface area contributed by atoms with Gasteiger partial charge in [0, 0.05) is 37.6 Å². The highest BCUT2D eigenvalue weighted by molar-refractivity contribution is 5.88. The lowest BCUT2D eigenvalue weighted by atomic mass is 9.67. The first-order valence-corrected chi connectivity index (χ1v) is 7.80. The number of carboxylic acids is 1. The largest absolute Gasteiger partial charge is 0.478 e.